The van der Waals surface area contributed by atoms with E-state index in [0.717, 1.165) is 13.1 Å². The van der Waals surface area contributed by atoms with Gasteiger partial charge in [-0.15, -0.1) is 0 Å². The molecule has 0 aliphatic rings. The third kappa shape index (κ3) is 2.67. The Labute approximate surface area is 77.8 Å². The Kier molecular flexibility index (Phi) is 5.24. The standard InChI is InChI=1S/C7H12N2S.ClH/c1-3-8-7-5-6-10-9(7)4-2;/h5-6H,3-4H2,1-2H3;1H. The van der Waals surface area contributed by atoms with Crippen LogP contribution in [0.2, 0.25) is 0 Å². The molecule has 4 heteroatoms. The quantitative estimate of drug-likeness (QED) is 0.577. The van der Waals surface area contributed by atoms with E-state index in [-0.39, 0.29) is 12.4 Å². The first-order valence-corrected chi connectivity index (χ1v) is 4.43. The molecular weight excluding hydrogens is 180 g/mol. The summed E-state index contributed by atoms with van der Waals surface area (Å²) in [5, 5.41) is 5.38. The Morgan fingerprint density at radius 1 is 1.55 bits per heavy atom. The van der Waals surface area contributed by atoms with Gasteiger partial charge >= 0.3 is 0 Å². The van der Waals surface area contributed by atoms with Gasteiger partial charge in [0.2, 0.25) is 0 Å². The van der Waals surface area contributed by atoms with Gasteiger partial charge in [0.15, 0.2) is 0 Å². The van der Waals surface area contributed by atoms with Crippen LogP contribution in [-0.4, -0.2) is 6.54 Å². The Bertz CT molecular complexity index is 200. The third-order valence-corrected chi connectivity index (χ3v) is 2.29. The van der Waals surface area contributed by atoms with Crippen LogP contribution in [0.3, 0.4) is 0 Å². The van der Waals surface area contributed by atoms with Gasteiger partial charge in [-0.2, -0.15) is 3.96 Å². The summed E-state index contributed by atoms with van der Waals surface area (Å²) in [6.07, 6.45) is 0. The van der Waals surface area contributed by atoms with Gasteiger partial charge in [-0.1, -0.05) is 0 Å². The molecule has 0 saturated heterocycles. The predicted molar refractivity (Wildman–Crippen MR) is 44.4 cm³/mol. The Hall–Kier alpha value is -0.280. The summed E-state index contributed by atoms with van der Waals surface area (Å²) in [6.45, 7) is 6.31. The summed E-state index contributed by atoms with van der Waals surface area (Å²) in [6, 6.07) is 2.11. The first-order valence-electron chi connectivity index (χ1n) is 3.60. The van der Waals surface area contributed by atoms with Crippen LogP contribution in [0.4, 0.5) is 5.82 Å². The number of aryl methyl sites for hydroxylation is 1. The number of nitrogens with one attached hydrogen (secondary N) is 1. The van der Waals surface area contributed by atoms with Crippen LogP contribution < -0.4 is 21.7 Å². The van der Waals surface area contributed by atoms with Gasteiger partial charge in [0.1, 0.15) is 0 Å². The molecule has 0 spiro atoms. The highest BCUT2D eigenvalue weighted by Crippen LogP contribution is 2.02. The number of halogens is 1. The smallest absolute Gasteiger partial charge is 0.286 e. The summed E-state index contributed by atoms with van der Waals surface area (Å²) >= 11 is 1.74. The molecular formula is C7H13ClN2S. The lowest BCUT2D eigenvalue weighted by atomic mass is 10.6. The summed E-state index contributed by atoms with van der Waals surface area (Å²) in [7, 11) is 0. The topological polar surface area (TPSA) is 15.9 Å². The van der Waals surface area contributed by atoms with E-state index in [2.05, 4.69) is 34.6 Å². The van der Waals surface area contributed by atoms with Gasteiger partial charge in [-0.25, -0.2) is 0 Å². The van der Waals surface area contributed by atoms with Gasteiger partial charge < -0.3 is 12.4 Å². The third-order valence-electron chi connectivity index (χ3n) is 1.33. The molecule has 11 heavy (non-hydrogen) atoms. The maximum Gasteiger partial charge on any atom is 0.286 e. The molecule has 0 saturated carbocycles. The van der Waals surface area contributed by atoms with Crippen LogP contribution in [-0.2, 0) is 6.54 Å². The van der Waals surface area contributed by atoms with Crippen molar-refractivity contribution in [1.29, 1.82) is 0 Å². The Morgan fingerprint density at radius 2 is 2.27 bits per heavy atom. The van der Waals surface area contributed by atoms with Crippen molar-refractivity contribution >= 4 is 17.4 Å². The monoisotopic (exact) mass is 192 g/mol. The van der Waals surface area contributed by atoms with Crippen molar-refractivity contribution in [2.24, 2.45) is 0 Å². The fraction of sp³-hybridized carbons (Fsp3) is 0.571. The molecule has 0 fully saturated rings. The van der Waals surface area contributed by atoms with Gasteiger partial charge in [0, 0.05) is 23.0 Å². The van der Waals surface area contributed by atoms with E-state index in [4.69, 9.17) is 0 Å². The summed E-state index contributed by atoms with van der Waals surface area (Å²) in [4.78, 5) is 0. The number of rotatable bonds is 3. The van der Waals surface area contributed by atoms with Crippen molar-refractivity contribution in [3.63, 3.8) is 0 Å². The highest BCUT2D eigenvalue weighted by atomic mass is 35.5. The average Bonchev–Trinajstić information content (AvgIpc) is 2.36. The van der Waals surface area contributed by atoms with E-state index in [1.54, 1.807) is 11.5 Å². The lowest BCUT2D eigenvalue weighted by Crippen LogP contribution is -3.00. The SMILES string of the molecule is CCNc1ccs[n+]1CC.[Cl-]. The first-order chi connectivity index (χ1) is 4.88. The van der Waals surface area contributed by atoms with Crippen LogP contribution in [0.15, 0.2) is 11.4 Å². The second kappa shape index (κ2) is 5.38. The van der Waals surface area contributed by atoms with Crippen molar-refractivity contribution in [3.8, 4) is 0 Å². The van der Waals surface area contributed by atoms with E-state index in [1.807, 2.05) is 0 Å². The fourth-order valence-electron chi connectivity index (χ4n) is 0.881. The molecule has 0 aromatic carbocycles. The van der Waals surface area contributed by atoms with Crippen molar-refractivity contribution in [1.82, 2.24) is 0 Å². The zero-order chi connectivity index (χ0) is 7.40. The molecule has 2 nitrogen and oxygen atoms in total. The molecule has 1 aromatic rings. The van der Waals surface area contributed by atoms with Crippen molar-refractivity contribution in [2.75, 3.05) is 11.9 Å². The largest absolute Gasteiger partial charge is 1.00 e. The molecule has 0 aliphatic heterocycles. The predicted octanol–water partition coefficient (Wildman–Crippen LogP) is -1.51. The summed E-state index contributed by atoms with van der Waals surface area (Å²) < 4.78 is 2.23. The minimum absolute atomic E-state index is 0. The van der Waals surface area contributed by atoms with E-state index in [1.165, 1.54) is 5.82 Å². The van der Waals surface area contributed by atoms with E-state index < -0.39 is 0 Å². The lowest BCUT2D eigenvalue weighted by Gasteiger charge is -1.93. The maximum atomic E-state index is 3.28. The molecule has 64 valence electrons. The number of anilines is 1. The highest BCUT2D eigenvalue weighted by molar-refractivity contribution is 6.99. The van der Waals surface area contributed by atoms with Crippen LogP contribution >= 0.6 is 11.5 Å². The zero-order valence-electron chi connectivity index (χ0n) is 6.80. The maximum absolute atomic E-state index is 3.28. The average molecular weight is 193 g/mol. The molecule has 1 rings (SSSR count). The van der Waals surface area contributed by atoms with Crippen molar-refractivity contribution in [2.45, 2.75) is 20.4 Å². The summed E-state index contributed by atoms with van der Waals surface area (Å²) in [5.74, 6) is 1.23. The van der Waals surface area contributed by atoms with Gasteiger partial charge in [0.05, 0.1) is 13.1 Å². The highest BCUT2D eigenvalue weighted by Gasteiger charge is 2.05. The van der Waals surface area contributed by atoms with Crippen LogP contribution in [0.25, 0.3) is 0 Å². The molecule has 0 bridgehead atoms. The molecule has 0 atom stereocenters. The zero-order valence-corrected chi connectivity index (χ0v) is 8.37. The number of nitrogens with zero attached hydrogens (tertiary/aromatic N) is 1. The Morgan fingerprint density at radius 3 is 2.82 bits per heavy atom. The normalized spacial score (nSPS) is 8.91. The van der Waals surface area contributed by atoms with Gasteiger partial charge in [-0.05, 0) is 13.8 Å². The van der Waals surface area contributed by atoms with Crippen molar-refractivity contribution in [3.05, 3.63) is 11.4 Å². The van der Waals surface area contributed by atoms with Crippen LogP contribution in [0.1, 0.15) is 13.8 Å². The minimum atomic E-state index is 0. The minimum Gasteiger partial charge on any atom is -1.00 e. The van der Waals surface area contributed by atoms with Crippen molar-refractivity contribution < 1.29 is 16.4 Å². The molecule has 0 radical (unpaired) electrons. The van der Waals surface area contributed by atoms with Gasteiger partial charge in [-0.3, -0.25) is 5.32 Å². The first kappa shape index (κ1) is 10.7. The summed E-state index contributed by atoms with van der Waals surface area (Å²) in [5.41, 5.74) is 0. The fourth-order valence-corrected chi connectivity index (χ4v) is 1.61. The number of hydrogen-bond acceptors (Lipinski definition) is 2. The van der Waals surface area contributed by atoms with Gasteiger partial charge in [0.25, 0.3) is 5.82 Å². The molecule has 0 aliphatic carbocycles. The van der Waals surface area contributed by atoms with Crippen LogP contribution in [0.5, 0.6) is 0 Å². The molecule has 1 N–H and O–H groups in total. The number of hydrogen-bond donors (Lipinski definition) is 1. The molecule has 1 aromatic heterocycles. The molecule has 1 heterocycles. The number of aromatic nitrogens is 1. The molecule has 0 unspecified atom stereocenters. The Balaban J connectivity index is 0.000001000. The van der Waals surface area contributed by atoms with E-state index in [0.29, 0.717) is 0 Å². The second-order valence-electron chi connectivity index (χ2n) is 2.02. The van der Waals surface area contributed by atoms with Crippen LogP contribution in [0, 0.1) is 0 Å². The molecule has 0 amide bonds. The van der Waals surface area contributed by atoms with E-state index >= 15 is 0 Å². The second-order valence-corrected chi connectivity index (χ2v) is 2.94. The lowest BCUT2D eigenvalue weighted by molar-refractivity contribution is -0.610. The van der Waals surface area contributed by atoms with E-state index in [9.17, 15) is 0 Å².